The minimum absolute atomic E-state index is 0.00324. The van der Waals surface area contributed by atoms with Gasteiger partial charge in [0.2, 0.25) is 5.91 Å². The van der Waals surface area contributed by atoms with E-state index in [1.54, 1.807) is 17.0 Å². The van der Waals surface area contributed by atoms with Crippen molar-refractivity contribution in [1.82, 2.24) is 10.2 Å². The van der Waals surface area contributed by atoms with Crippen molar-refractivity contribution in [1.29, 1.82) is 0 Å². The van der Waals surface area contributed by atoms with Crippen molar-refractivity contribution in [3.8, 4) is 0 Å². The van der Waals surface area contributed by atoms with Gasteiger partial charge in [-0.15, -0.1) is 0 Å². The van der Waals surface area contributed by atoms with E-state index in [0.29, 0.717) is 18.2 Å². The molecule has 1 aromatic heterocycles. The fourth-order valence-corrected chi connectivity index (χ4v) is 3.69. The highest BCUT2D eigenvalue weighted by Gasteiger charge is 2.36. The van der Waals surface area contributed by atoms with E-state index >= 15 is 0 Å². The molecule has 1 N–H and O–H groups in total. The number of nitrogens with one attached hydrogen (secondary N) is 1. The standard InChI is InChI=1S/C17H24N2O3/c1-12-5-2-6-13(11-12)18-16(20)14-7-3-9-19(14)17(21)15-8-4-10-22-15/h4,8,10,12-14H,2-3,5-7,9,11H2,1H3,(H,18,20). The highest BCUT2D eigenvalue weighted by molar-refractivity contribution is 5.96. The summed E-state index contributed by atoms with van der Waals surface area (Å²) >= 11 is 0. The summed E-state index contributed by atoms with van der Waals surface area (Å²) in [6, 6.07) is 3.26. The highest BCUT2D eigenvalue weighted by atomic mass is 16.3. The molecular weight excluding hydrogens is 280 g/mol. The Morgan fingerprint density at radius 1 is 1.27 bits per heavy atom. The summed E-state index contributed by atoms with van der Waals surface area (Å²) in [6.45, 7) is 2.86. The van der Waals surface area contributed by atoms with Gasteiger partial charge in [-0.3, -0.25) is 9.59 Å². The van der Waals surface area contributed by atoms with E-state index in [9.17, 15) is 9.59 Å². The summed E-state index contributed by atoms with van der Waals surface area (Å²) in [7, 11) is 0. The van der Waals surface area contributed by atoms with Crippen LogP contribution in [0.1, 0.15) is 56.0 Å². The quantitative estimate of drug-likeness (QED) is 0.933. The molecule has 1 aliphatic carbocycles. The van der Waals surface area contributed by atoms with Crippen molar-refractivity contribution in [2.24, 2.45) is 5.92 Å². The Bertz CT molecular complexity index is 526. The first-order chi connectivity index (χ1) is 10.6. The van der Waals surface area contributed by atoms with Crippen LogP contribution in [0, 0.1) is 5.92 Å². The number of rotatable bonds is 3. The summed E-state index contributed by atoms with van der Waals surface area (Å²) in [4.78, 5) is 26.6. The number of nitrogens with zero attached hydrogens (tertiary/aromatic N) is 1. The van der Waals surface area contributed by atoms with Crippen LogP contribution in [0.15, 0.2) is 22.8 Å². The van der Waals surface area contributed by atoms with Crippen LogP contribution in [0.4, 0.5) is 0 Å². The third-order valence-corrected chi connectivity index (χ3v) is 4.83. The molecule has 2 fully saturated rings. The van der Waals surface area contributed by atoms with Crippen molar-refractivity contribution < 1.29 is 14.0 Å². The van der Waals surface area contributed by atoms with Crippen LogP contribution in [-0.4, -0.2) is 35.3 Å². The van der Waals surface area contributed by atoms with Crippen molar-refractivity contribution in [3.63, 3.8) is 0 Å². The van der Waals surface area contributed by atoms with Crippen molar-refractivity contribution in [2.45, 2.75) is 57.5 Å². The van der Waals surface area contributed by atoms with E-state index in [1.165, 1.54) is 19.1 Å². The second-order valence-electron chi connectivity index (χ2n) is 6.61. The lowest BCUT2D eigenvalue weighted by Gasteiger charge is -2.30. The number of amides is 2. The van der Waals surface area contributed by atoms with Gasteiger partial charge in [0.25, 0.3) is 5.91 Å². The van der Waals surface area contributed by atoms with Gasteiger partial charge in [0.1, 0.15) is 6.04 Å². The molecule has 1 saturated carbocycles. The maximum atomic E-state index is 12.6. The maximum Gasteiger partial charge on any atom is 0.290 e. The molecule has 2 aliphatic rings. The Kier molecular flexibility index (Phi) is 4.50. The van der Waals surface area contributed by atoms with Gasteiger partial charge in [0.15, 0.2) is 5.76 Å². The minimum Gasteiger partial charge on any atom is -0.459 e. The Hall–Kier alpha value is -1.78. The first kappa shape index (κ1) is 15.1. The first-order valence-electron chi connectivity index (χ1n) is 8.30. The van der Waals surface area contributed by atoms with Gasteiger partial charge in [-0.1, -0.05) is 19.8 Å². The van der Waals surface area contributed by atoms with Gasteiger partial charge in [0, 0.05) is 12.6 Å². The van der Waals surface area contributed by atoms with E-state index in [0.717, 1.165) is 25.7 Å². The third kappa shape index (κ3) is 3.18. The first-order valence-corrected chi connectivity index (χ1v) is 8.30. The average molecular weight is 304 g/mol. The summed E-state index contributed by atoms with van der Waals surface area (Å²) in [5, 5.41) is 3.16. The number of hydrogen-bond donors (Lipinski definition) is 1. The molecule has 0 spiro atoms. The molecule has 1 saturated heterocycles. The largest absolute Gasteiger partial charge is 0.459 e. The van der Waals surface area contributed by atoms with Crippen LogP contribution >= 0.6 is 0 Å². The lowest BCUT2D eigenvalue weighted by atomic mass is 9.87. The van der Waals surface area contributed by atoms with Crippen LogP contribution in [0.3, 0.4) is 0 Å². The summed E-state index contributed by atoms with van der Waals surface area (Å²) in [6.07, 6.45) is 7.61. The van der Waals surface area contributed by atoms with E-state index in [2.05, 4.69) is 12.2 Å². The Morgan fingerprint density at radius 3 is 2.86 bits per heavy atom. The van der Waals surface area contributed by atoms with E-state index in [1.807, 2.05) is 0 Å². The highest BCUT2D eigenvalue weighted by Crippen LogP contribution is 2.25. The average Bonchev–Trinajstić information content (AvgIpc) is 3.18. The molecule has 2 heterocycles. The molecule has 5 nitrogen and oxygen atoms in total. The van der Waals surface area contributed by atoms with Gasteiger partial charge in [-0.25, -0.2) is 0 Å². The molecule has 1 aromatic rings. The predicted octanol–water partition coefficient (Wildman–Crippen LogP) is 2.58. The molecule has 3 unspecified atom stereocenters. The van der Waals surface area contributed by atoms with Crippen molar-refractivity contribution in [3.05, 3.63) is 24.2 Å². The second kappa shape index (κ2) is 6.55. The molecule has 0 aromatic carbocycles. The Labute approximate surface area is 131 Å². The number of carbonyl (C=O) groups excluding carboxylic acids is 2. The number of carbonyl (C=O) groups is 2. The Balaban J connectivity index is 1.62. The minimum atomic E-state index is -0.352. The van der Waals surface area contributed by atoms with Crippen molar-refractivity contribution >= 4 is 11.8 Å². The van der Waals surface area contributed by atoms with E-state index in [-0.39, 0.29) is 23.9 Å². The summed E-state index contributed by atoms with van der Waals surface area (Å²) < 4.78 is 5.18. The lowest BCUT2D eigenvalue weighted by Crippen LogP contribution is -2.49. The molecule has 120 valence electrons. The molecule has 1 aliphatic heterocycles. The normalized spacial score (nSPS) is 28.6. The SMILES string of the molecule is CC1CCCC(NC(=O)C2CCCN2C(=O)c2ccco2)C1. The number of hydrogen-bond acceptors (Lipinski definition) is 3. The van der Waals surface area contributed by atoms with Gasteiger partial charge in [-0.05, 0) is 43.7 Å². The van der Waals surface area contributed by atoms with Gasteiger partial charge < -0.3 is 14.6 Å². The molecule has 22 heavy (non-hydrogen) atoms. The molecule has 3 rings (SSSR count). The fraction of sp³-hybridized carbons (Fsp3) is 0.647. The molecule has 2 amide bonds. The molecule has 0 radical (unpaired) electrons. The molecular formula is C17H24N2O3. The number of furan rings is 1. The second-order valence-corrected chi connectivity index (χ2v) is 6.61. The van der Waals surface area contributed by atoms with Crippen LogP contribution in [-0.2, 0) is 4.79 Å². The molecule has 5 heteroatoms. The zero-order valence-electron chi connectivity index (χ0n) is 13.1. The Morgan fingerprint density at radius 2 is 2.14 bits per heavy atom. The summed E-state index contributed by atoms with van der Waals surface area (Å²) in [5.74, 6) is 0.797. The van der Waals surface area contributed by atoms with Crippen LogP contribution in [0.25, 0.3) is 0 Å². The smallest absolute Gasteiger partial charge is 0.290 e. The number of likely N-dealkylation sites (tertiary alicyclic amines) is 1. The topological polar surface area (TPSA) is 62.6 Å². The predicted molar refractivity (Wildman–Crippen MR) is 82.3 cm³/mol. The zero-order chi connectivity index (χ0) is 15.5. The zero-order valence-corrected chi connectivity index (χ0v) is 13.1. The van der Waals surface area contributed by atoms with E-state index in [4.69, 9.17) is 4.42 Å². The van der Waals surface area contributed by atoms with Crippen LogP contribution in [0.2, 0.25) is 0 Å². The summed E-state index contributed by atoms with van der Waals surface area (Å²) in [5.41, 5.74) is 0. The van der Waals surface area contributed by atoms with Gasteiger partial charge >= 0.3 is 0 Å². The monoisotopic (exact) mass is 304 g/mol. The van der Waals surface area contributed by atoms with Gasteiger partial charge in [-0.2, -0.15) is 0 Å². The van der Waals surface area contributed by atoms with Crippen molar-refractivity contribution in [2.75, 3.05) is 6.54 Å². The third-order valence-electron chi connectivity index (χ3n) is 4.83. The molecule has 0 bridgehead atoms. The van der Waals surface area contributed by atoms with Gasteiger partial charge in [0.05, 0.1) is 6.26 Å². The van der Waals surface area contributed by atoms with Crippen LogP contribution < -0.4 is 5.32 Å². The molecule has 3 atom stereocenters. The maximum absolute atomic E-state index is 12.6. The van der Waals surface area contributed by atoms with E-state index < -0.39 is 0 Å². The fourth-order valence-electron chi connectivity index (χ4n) is 3.69. The lowest BCUT2D eigenvalue weighted by molar-refractivity contribution is -0.125. The van der Waals surface area contributed by atoms with Crippen LogP contribution in [0.5, 0.6) is 0 Å².